The molecule has 1 aromatic heterocycles. The molecule has 0 radical (unpaired) electrons. The molecule has 1 saturated heterocycles. The second-order valence-electron chi connectivity index (χ2n) is 5.90. The molecule has 1 saturated carbocycles. The lowest BCUT2D eigenvalue weighted by molar-refractivity contribution is -0.129. The predicted octanol–water partition coefficient (Wildman–Crippen LogP) is 2.08. The number of aromatic nitrogens is 1. The lowest BCUT2D eigenvalue weighted by Crippen LogP contribution is -2.52. The highest BCUT2D eigenvalue weighted by Crippen LogP contribution is 2.40. The van der Waals surface area contributed by atoms with E-state index in [0.29, 0.717) is 12.5 Å². The van der Waals surface area contributed by atoms with E-state index in [-0.39, 0.29) is 11.9 Å². The third-order valence-electron chi connectivity index (χ3n) is 4.42. The van der Waals surface area contributed by atoms with Crippen molar-refractivity contribution in [1.29, 1.82) is 0 Å². The fourth-order valence-corrected chi connectivity index (χ4v) is 3.45. The maximum Gasteiger partial charge on any atom is 0.325 e. The zero-order chi connectivity index (χ0) is 14.2. The van der Waals surface area contributed by atoms with Gasteiger partial charge in [0.2, 0.25) is 0 Å². The summed E-state index contributed by atoms with van der Waals surface area (Å²) in [5.74, 6) is 0.330. The van der Waals surface area contributed by atoms with Crippen molar-refractivity contribution >= 4 is 11.9 Å². The van der Waals surface area contributed by atoms with Gasteiger partial charge in [0.05, 0.1) is 12.2 Å². The fourth-order valence-electron chi connectivity index (χ4n) is 3.45. The molecule has 2 aliphatic rings. The Labute approximate surface area is 118 Å². The summed E-state index contributed by atoms with van der Waals surface area (Å²) >= 11 is 0. The summed E-state index contributed by atoms with van der Waals surface area (Å²) < 4.78 is 0. The summed E-state index contributed by atoms with van der Waals surface area (Å²) in [5, 5.41) is 2.49. The minimum absolute atomic E-state index is 0.134. The van der Waals surface area contributed by atoms with Crippen LogP contribution in [0.2, 0.25) is 0 Å². The molecule has 3 rings (SSSR count). The van der Waals surface area contributed by atoms with E-state index in [2.05, 4.69) is 17.2 Å². The van der Waals surface area contributed by atoms with Gasteiger partial charge in [-0.15, -0.1) is 0 Å². The van der Waals surface area contributed by atoms with Crippen LogP contribution in [0.4, 0.5) is 4.79 Å². The van der Waals surface area contributed by atoms with Gasteiger partial charge in [-0.25, -0.2) is 4.79 Å². The van der Waals surface area contributed by atoms with Crippen molar-refractivity contribution in [3.8, 4) is 0 Å². The Hall–Kier alpha value is -1.91. The number of rotatable bonds is 2. The number of hydrogen-bond acceptors (Lipinski definition) is 3. The lowest BCUT2D eigenvalue weighted by atomic mass is 9.75. The highest BCUT2D eigenvalue weighted by atomic mass is 16.2. The van der Waals surface area contributed by atoms with Crippen LogP contribution in [-0.4, -0.2) is 27.4 Å². The summed E-state index contributed by atoms with van der Waals surface area (Å²) in [6, 6.07) is 5.34. The monoisotopic (exact) mass is 273 g/mol. The first-order chi connectivity index (χ1) is 9.62. The minimum Gasteiger partial charge on any atom is -0.304 e. The summed E-state index contributed by atoms with van der Waals surface area (Å²) in [4.78, 5) is 30.4. The van der Waals surface area contributed by atoms with Crippen LogP contribution < -0.4 is 5.32 Å². The van der Waals surface area contributed by atoms with E-state index in [1.54, 1.807) is 11.1 Å². The molecule has 2 fully saturated rings. The molecule has 0 bridgehead atoms. The number of amides is 3. The molecule has 2 heterocycles. The largest absolute Gasteiger partial charge is 0.325 e. The molecule has 5 nitrogen and oxygen atoms in total. The minimum atomic E-state index is -0.660. The van der Waals surface area contributed by atoms with Gasteiger partial charge in [-0.1, -0.05) is 25.8 Å². The molecule has 3 amide bonds. The average Bonchev–Trinajstić information content (AvgIpc) is 2.64. The smallest absolute Gasteiger partial charge is 0.304 e. The van der Waals surface area contributed by atoms with Gasteiger partial charge in [-0.2, -0.15) is 0 Å². The topological polar surface area (TPSA) is 62.3 Å². The predicted molar refractivity (Wildman–Crippen MR) is 73.7 cm³/mol. The van der Waals surface area contributed by atoms with E-state index in [1.165, 1.54) is 0 Å². The van der Waals surface area contributed by atoms with Gasteiger partial charge in [0.1, 0.15) is 5.54 Å². The van der Waals surface area contributed by atoms with Crippen LogP contribution in [0.15, 0.2) is 24.4 Å². The molecular weight excluding hydrogens is 254 g/mol. The number of urea groups is 1. The molecule has 5 heteroatoms. The molecule has 1 aliphatic heterocycles. The summed E-state index contributed by atoms with van der Waals surface area (Å²) in [6.45, 7) is 2.54. The molecule has 1 N–H and O–H groups in total. The Morgan fingerprint density at radius 3 is 3.00 bits per heavy atom. The van der Waals surface area contributed by atoms with E-state index in [4.69, 9.17) is 0 Å². The van der Waals surface area contributed by atoms with Crippen molar-refractivity contribution in [3.63, 3.8) is 0 Å². The third-order valence-corrected chi connectivity index (χ3v) is 4.42. The van der Waals surface area contributed by atoms with Crippen molar-refractivity contribution in [3.05, 3.63) is 30.1 Å². The first-order valence-electron chi connectivity index (χ1n) is 7.15. The van der Waals surface area contributed by atoms with Crippen LogP contribution >= 0.6 is 0 Å². The lowest BCUT2D eigenvalue weighted by Gasteiger charge is -2.40. The van der Waals surface area contributed by atoms with Crippen LogP contribution in [0.5, 0.6) is 0 Å². The van der Waals surface area contributed by atoms with Gasteiger partial charge < -0.3 is 4.90 Å². The molecule has 1 spiro atoms. The number of carbonyl (C=O) groups is 2. The number of nitrogens with zero attached hydrogens (tertiary/aromatic N) is 2. The zero-order valence-corrected chi connectivity index (χ0v) is 11.6. The fraction of sp³-hybridized carbons (Fsp3) is 0.533. The van der Waals surface area contributed by atoms with Crippen LogP contribution in [0.25, 0.3) is 0 Å². The van der Waals surface area contributed by atoms with Gasteiger partial charge in [0, 0.05) is 6.20 Å². The molecule has 2 unspecified atom stereocenters. The number of hydrogen-bond donors (Lipinski definition) is 1. The van der Waals surface area contributed by atoms with Crippen LogP contribution in [0.3, 0.4) is 0 Å². The maximum absolute atomic E-state index is 12.3. The highest BCUT2D eigenvalue weighted by Gasteiger charge is 2.54. The highest BCUT2D eigenvalue weighted by molar-refractivity contribution is 6.07. The van der Waals surface area contributed by atoms with Crippen molar-refractivity contribution in [2.45, 2.75) is 44.7 Å². The Bertz CT molecular complexity index is 531. The zero-order valence-electron chi connectivity index (χ0n) is 11.6. The molecule has 2 atom stereocenters. The summed E-state index contributed by atoms with van der Waals surface area (Å²) in [6.07, 6.45) is 5.32. The van der Waals surface area contributed by atoms with Crippen LogP contribution in [-0.2, 0) is 11.3 Å². The average molecular weight is 273 g/mol. The molecule has 1 aliphatic carbocycles. The van der Waals surface area contributed by atoms with E-state index in [9.17, 15) is 9.59 Å². The molecule has 106 valence electrons. The third kappa shape index (κ3) is 2.07. The van der Waals surface area contributed by atoms with Gasteiger partial charge in [0.15, 0.2) is 0 Å². The van der Waals surface area contributed by atoms with Gasteiger partial charge in [-0.3, -0.25) is 15.1 Å². The van der Waals surface area contributed by atoms with Gasteiger partial charge in [0.25, 0.3) is 5.91 Å². The Morgan fingerprint density at radius 2 is 2.30 bits per heavy atom. The molecule has 20 heavy (non-hydrogen) atoms. The van der Waals surface area contributed by atoms with Crippen molar-refractivity contribution in [1.82, 2.24) is 15.2 Å². The number of pyridine rings is 1. The van der Waals surface area contributed by atoms with E-state index in [1.807, 2.05) is 18.2 Å². The Morgan fingerprint density at radius 1 is 1.45 bits per heavy atom. The van der Waals surface area contributed by atoms with E-state index < -0.39 is 5.54 Å². The second-order valence-corrected chi connectivity index (χ2v) is 5.90. The van der Waals surface area contributed by atoms with Crippen LogP contribution in [0, 0.1) is 5.92 Å². The number of imide groups is 1. The van der Waals surface area contributed by atoms with Crippen molar-refractivity contribution in [2.24, 2.45) is 5.92 Å². The number of carbonyl (C=O) groups excluding carboxylic acids is 2. The Balaban J connectivity index is 1.90. The van der Waals surface area contributed by atoms with Crippen molar-refractivity contribution in [2.75, 3.05) is 0 Å². The van der Waals surface area contributed by atoms with Gasteiger partial charge >= 0.3 is 6.03 Å². The summed E-state index contributed by atoms with van der Waals surface area (Å²) in [5.41, 5.74) is 0.154. The van der Waals surface area contributed by atoms with Crippen molar-refractivity contribution < 1.29 is 9.59 Å². The molecule has 1 aromatic rings. The first kappa shape index (κ1) is 13.1. The second kappa shape index (κ2) is 4.89. The number of nitrogens with one attached hydrogen (secondary N) is 1. The Kier molecular flexibility index (Phi) is 3.20. The van der Waals surface area contributed by atoms with Crippen LogP contribution in [0.1, 0.15) is 38.3 Å². The maximum atomic E-state index is 12.3. The standard InChI is InChI=1S/C15H19N3O2/c1-11-5-4-7-15(9-11)13(19)17-14(20)18(15)10-12-6-2-3-8-16-12/h2-3,6,8,11H,4-5,7,9-10H2,1H3,(H,17,19,20). The normalized spacial score (nSPS) is 29.9. The van der Waals surface area contributed by atoms with E-state index in [0.717, 1.165) is 31.4 Å². The van der Waals surface area contributed by atoms with E-state index >= 15 is 0 Å². The molecular formula is C15H19N3O2. The van der Waals surface area contributed by atoms with Gasteiger partial charge in [-0.05, 0) is 30.9 Å². The molecule has 0 aromatic carbocycles. The summed E-state index contributed by atoms with van der Waals surface area (Å²) in [7, 11) is 0. The SMILES string of the molecule is CC1CCCC2(C1)C(=O)NC(=O)N2Cc1ccccn1. The quantitative estimate of drug-likeness (QED) is 0.839. The first-order valence-corrected chi connectivity index (χ1v) is 7.15.